The van der Waals surface area contributed by atoms with Crippen LogP contribution in [0, 0.1) is 0 Å². The van der Waals surface area contributed by atoms with Crippen LogP contribution >= 0.6 is 0 Å². The van der Waals surface area contributed by atoms with Gasteiger partial charge < -0.3 is 23.4 Å². The molecular weight excluding hydrogens is 1780 g/mol. The van der Waals surface area contributed by atoms with Crippen molar-refractivity contribution in [1.29, 1.82) is 0 Å². The summed E-state index contributed by atoms with van der Waals surface area (Å²) in [5, 5.41) is 19.3. The van der Waals surface area contributed by atoms with Crippen molar-refractivity contribution in [3.05, 3.63) is 437 Å². The molecule has 0 aliphatic heterocycles. The molecule has 672 valence electrons. The van der Waals surface area contributed by atoms with Crippen LogP contribution in [0.4, 0.5) is 39.5 Å². The maximum Gasteiger partial charge on any atom is 0.488 e. The van der Waals surface area contributed by atoms with E-state index in [9.17, 15) is 58.0 Å². The second kappa shape index (κ2) is 36.9. The number of para-hydroxylation sites is 4. The minimum atomic E-state index is -7.47. The molecule has 0 aliphatic rings. The van der Waals surface area contributed by atoms with Crippen molar-refractivity contribution in [1.82, 2.24) is 39.0 Å². The zero-order valence-corrected chi connectivity index (χ0v) is 73.5. The van der Waals surface area contributed by atoms with Crippen molar-refractivity contribution in [2.24, 2.45) is 0 Å². The van der Waals surface area contributed by atoms with Gasteiger partial charge in [0.2, 0.25) is 0 Å². The summed E-state index contributed by atoms with van der Waals surface area (Å²) in [5.74, 6) is -13.3. The molecule has 22 aromatic rings. The highest BCUT2D eigenvalue weighted by atomic mass is 32.2. The maximum atomic E-state index is 14.7. The lowest BCUT2D eigenvalue weighted by Gasteiger charge is -2.32. The van der Waals surface area contributed by atoms with E-state index in [1.54, 1.807) is 42.5 Å². The lowest BCUT2D eigenvalue weighted by atomic mass is 9.80. The van der Waals surface area contributed by atoms with Gasteiger partial charge in [-0.05, 0) is 144 Å². The topological polar surface area (TPSA) is 171 Å². The zero-order valence-electron chi connectivity index (χ0n) is 72.7. The quantitative estimate of drug-likeness (QED) is 0.0448. The minimum Gasteiger partial charge on any atom is -0.423 e. The number of nitrogens with zero attached hydrogens (tertiary/aromatic N) is 8. The lowest BCUT2D eigenvalue weighted by Crippen LogP contribution is -2.63. The van der Waals surface area contributed by atoms with Crippen molar-refractivity contribution >= 4 is 87.9 Å². The molecule has 138 heavy (non-hydrogen) atoms. The van der Waals surface area contributed by atoms with Crippen LogP contribution in [0.15, 0.2) is 437 Å². The second-order valence-electron chi connectivity index (χ2n) is 32.7. The summed E-state index contributed by atoms with van der Waals surface area (Å²) in [6.45, 7) is 0. The molecule has 22 rings (SSSR count). The van der Waals surface area contributed by atoms with Crippen LogP contribution in [0.25, 0.3) is 200 Å². The Morgan fingerprint density at radius 3 is 0.928 bits per heavy atom. The first kappa shape index (κ1) is 89.1. The lowest BCUT2D eigenvalue weighted by molar-refractivity contribution is -0.382. The molecule has 0 spiro atoms. The van der Waals surface area contributed by atoms with Gasteiger partial charge in [0.1, 0.15) is 0 Å². The number of benzene rings is 18. The van der Waals surface area contributed by atoms with Crippen molar-refractivity contribution in [2.75, 3.05) is 0 Å². The van der Waals surface area contributed by atoms with E-state index in [2.05, 4.69) is 225 Å². The van der Waals surface area contributed by atoms with E-state index in [1.807, 2.05) is 133 Å². The number of alkyl halides is 9. The fourth-order valence-electron chi connectivity index (χ4n) is 17.3. The van der Waals surface area contributed by atoms with Gasteiger partial charge >= 0.3 is 40.5 Å². The van der Waals surface area contributed by atoms with Crippen molar-refractivity contribution in [2.45, 2.75) is 23.3 Å². The Morgan fingerprint density at radius 2 is 0.543 bits per heavy atom. The van der Waals surface area contributed by atoms with Crippen LogP contribution in [0.1, 0.15) is 0 Å². The highest BCUT2D eigenvalue weighted by Gasteiger charge is 2.86. The highest BCUT2D eigenvalue weighted by Crippen LogP contribution is 2.56. The highest BCUT2D eigenvalue weighted by molar-refractivity contribution is 7.88. The number of aromatic nitrogens is 8. The number of hydrogen-bond donors (Lipinski definition) is 2. The predicted molar refractivity (Wildman–Crippen MR) is 530 cm³/mol. The summed E-state index contributed by atoms with van der Waals surface area (Å²) in [7, 11) is -8.68. The van der Waals surface area contributed by atoms with Crippen LogP contribution in [0.2, 0.25) is 0 Å². The van der Waals surface area contributed by atoms with E-state index in [0.29, 0.717) is 56.7 Å². The molecule has 24 heteroatoms. The second-order valence-corrected chi connectivity index (χ2v) is 34.3. The van der Waals surface area contributed by atoms with Gasteiger partial charge in [0.15, 0.2) is 40.7 Å². The smallest absolute Gasteiger partial charge is 0.423 e. The molecule has 0 saturated carbocycles. The molecule has 0 bridgehead atoms. The van der Waals surface area contributed by atoms with Gasteiger partial charge in [0.05, 0.1) is 22.1 Å². The first-order valence-corrected chi connectivity index (χ1v) is 45.2. The molecule has 0 saturated heterocycles. The Bertz CT molecular complexity index is 8320. The standard InChI is InChI=1S/C55H36N4.C41H24F9N3O3S.C18H14BNO2/c1-3-14-37(15-4-1)43-19-13-20-44(36-43)55-57-53(41-17-5-2-6-18-41)56-54(58-55)42-28-26-40(27-29-42)52-46-21-8-7-16-38(46)32-35-47(52)39-30-33-45(34-31-39)59-50-24-11-9-22-48(50)49-23-10-12-25-51(49)59;42-38(43,40(46,47)48)39(44,45)41(49,50)57(54,55)56-33-23-22-26-12-7-8-17-32(26)34(33)27-18-20-29(21-19-27)36-51-35(28-13-5-2-6-14-28)52-37(53-36)31-16-9-15-30(24-31)25-10-3-1-4-11-25;21-19(22)13-9-11-14(12-10-13)20-17-7-3-1-5-15(17)16-6-2-4-8-18(16)20/h1-36H;1-24H;1-12,21-22H. The SMILES string of the molecule is O=S(=O)(Oc1ccc2ccccc2c1-c1ccc(-c2nc(-c3ccccc3)nc(-c3cccc(-c4ccccc4)c3)n2)cc1)C(F)(F)C(F)(F)C(F)(F)C(F)(F)F.OB(O)c1ccc(-n2c3ccccc3c3ccccc32)cc1.c1ccc(-c2cccc(-c3nc(-c4ccccc4)nc(-c4ccc(-c5c(-c6ccc(-n7c8ccccc8c8ccccc87)cc6)ccc6ccccc56)cc4)n3)c2)cc1. The average molecular weight is 1850 g/mol. The molecule has 4 heterocycles. The van der Waals surface area contributed by atoms with Gasteiger partial charge in [-0.25, -0.2) is 29.9 Å². The molecular formula is C114H74BF9N8O5S. The molecule has 0 amide bonds. The molecule has 0 atom stereocenters. The van der Waals surface area contributed by atoms with E-state index in [0.717, 1.165) is 84.6 Å². The molecule has 4 aromatic heterocycles. The van der Waals surface area contributed by atoms with Gasteiger partial charge in [-0.3, -0.25) is 0 Å². The maximum absolute atomic E-state index is 14.7. The monoisotopic (exact) mass is 1850 g/mol. The normalized spacial score (nSPS) is 11.9. The van der Waals surface area contributed by atoms with E-state index < -0.39 is 46.3 Å². The zero-order chi connectivity index (χ0) is 95.0. The fraction of sp³-hybridized carbons (Fsp3) is 0.0351. The molecule has 0 aliphatic carbocycles. The number of halogens is 9. The number of fused-ring (bicyclic) bond motifs is 8. The van der Waals surface area contributed by atoms with Crippen LogP contribution in [0.5, 0.6) is 5.75 Å². The minimum absolute atomic E-state index is 0.0459. The molecule has 18 aromatic carbocycles. The summed E-state index contributed by atoms with van der Waals surface area (Å²) in [4.78, 5) is 29.2. The van der Waals surface area contributed by atoms with E-state index in [4.69, 9.17) is 24.9 Å². The first-order chi connectivity index (χ1) is 66.9. The predicted octanol–water partition coefficient (Wildman–Crippen LogP) is 28.1. The number of hydrogen-bond acceptors (Lipinski definition) is 11. The van der Waals surface area contributed by atoms with Crippen LogP contribution in [0.3, 0.4) is 0 Å². The van der Waals surface area contributed by atoms with Gasteiger partial charge in [-0.2, -0.15) is 47.9 Å². The Labute approximate surface area is 785 Å². The Hall–Kier alpha value is -16.8. The van der Waals surface area contributed by atoms with E-state index in [1.165, 1.54) is 96.9 Å². The fourth-order valence-corrected chi connectivity index (χ4v) is 18.2. The van der Waals surface area contributed by atoms with Crippen molar-refractivity contribution < 1.29 is 62.2 Å². The molecule has 0 radical (unpaired) electrons. The first-order valence-electron chi connectivity index (χ1n) is 43.8. The molecule has 0 unspecified atom stereocenters. The van der Waals surface area contributed by atoms with Gasteiger partial charge in [0.25, 0.3) is 0 Å². The van der Waals surface area contributed by atoms with Crippen LogP contribution in [-0.4, -0.2) is 87.9 Å². The van der Waals surface area contributed by atoms with Crippen molar-refractivity contribution in [3.63, 3.8) is 0 Å². The van der Waals surface area contributed by atoms with Gasteiger partial charge in [0, 0.05) is 71.9 Å². The molecule has 2 N–H and O–H groups in total. The van der Waals surface area contributed by atoms with E-state index in [-0.39, 0.29) is 22.3 Å². The number of rotatable bonds is 19. The molecule has 13 nitrogen and oxygen atoms in total. The van der Waals surface area contributed by atoms with Crippen LogP contribution in [-0.2, 0) is 10.1 Å². The average Bonchev–Trinajstić information content (AvgIpc) is 1.07. The van der Waals surface area contributed by atoms with Gasteiger partial charge in [-0.15, -0.1) is 0 Å². The summed E-state index contributed by atoms with van der Waals surface area (Å²) in [6.07, 6.45) is -7.24. The Morgan fingerprint density at radius 1 is 0.254 bits per heavy atom. The Kier molecular flexibility index (Phi) is 23.8. The van der Waals surface area contributed by atoms with Crippen LogP contribution < -0.4 is 9.65 Å². The molecule has 0 fully saturated rings. The summed E-state index contributed by atoms with van der Waals surface area (Å²) >= 11 is 0. The summed E-state index contributed by atoms with van der Waals surface area (Å²) in [6, 6.07) is 141. The summed E-state index contributed by atoms with van der Waals surface area (Å²) < 4.78 is 158. The third kappa shape index (κ3) is 17.1. The third-order valence-corrected chi connectivity index (χ3v) is 25.4. The van der Waals surface area contributed by atoms with E-state index >= 15 is 0 Å². The third-order valence-electron chi connectivity index (χ3n) is 24.1. The Balaban J connectivity index is 0.000000140. The van der Waals surface area contributed by atoms with Gasteiger partial charge in [-0.1, -0.05) is 370 Å². The summed E-state index contributed by atoms with van der Waals surface area (Å²) in [5.41, 5.74) is 20.3. The largest absolute Gasteiger partial charge is 0.488 e. The van der Waals surface area contributed by atoms with Crippen molar-refractivity contribution in [3.8, 4) is 141 Å².